The molecule has 0 N–H and O–H groups in total. The van der Waals surface area contributed by atoms with Crippen molar-refractivity contribution in [3.63, 3.8) is 0 Å². The van der Waals surface area contributed by atoms with Crippen LogP contribution in [0.1, 0.15) is 15.9 Å². The number of likely N-dealkylation sites (N-methyl/N-ethyl adjacent to an activating group) is 1. The molecule has 33 heavy (non-hydrogen) atoms. The summed E-state index contributed by atoms with van der Waals surface area (Å²) in [5, 5.41) is 3.61. The van der Waals surface area contributed by atoms with E-state index in [0.717, 1.165) is 43.4 Å². The molecular formula is C26H24N4OS2. The van der Waals surface area contributed by atoms with Crippen molar-refractivity contribution in [2.24, 2.45) is 0 Å². The Labute approximate surface area is 200 Å². The third-order valence-electron chi connectivity index (χ3n) is 5.50. The Morgan fingerprint density at radius 2 is 1.79 bits per heavy atom. The number of carbonyl (C=O) groups is 1. The van der Waals surface area contributed by atoms with Crippen LogP contribution in [0.15, 0.2) is 66.0 Å². The van der Waals surface area contributed by atoms with Crippen molar-refractivity contribution in [2.75, 3.05) is 32.1 Å². The summed E-state index contributed by atoms with van der Waals surface area (Å²) < 4.78 is 1.09. The van der Waals surface area contributed by atoms with Crippen molar-refractivity contribution in [3.05, 3.63) is 77.2 Å². The normalized spacial score (nSPS) is 11.5. The second-order valence-electron chi connectivity index (χ2n) is 8.28. The van der Waals surface area contributed by atoms with Crippen molar-refractivity contribution < 1.29 is 4.79 Å². The minimum atomic E-state index is -0.0518. The number of benzene rings is 2. The molecule has 0 bridgehead atoms. The summed E-state index contributed by atoms with van der Waals surface area (Å²) in [4.78, 5) is 28.7. The van der Waals surface area contributed by atoms with Crippen LogP contribution in [0.2, 0.25) is 0 Å². The molecule has 0 radical (unpaired) electrons. The summed E-state index contributed by atoms with van der Waals surface area (Å²) in [5.74, 6) is -0.0518. The first-order valence-corrected chi connectivity index (χ1v) is 12.5. The molecule has 0 aliphatic heterocycles. The van der Waals surface area contributed by atoms with Crippen LogP contribution in [0.4, 0.5) is 5.13 Å². The van der Waals surface area contributed by atoms with Crippen LogP contribution in [0.5, 0.6) is 0 Å². The molecule has 0 aliphatic rings. The molecular weight excluding hydrogens is 448 g/mol. The Hall–Kier alpha value is -3.13. The predicted octanol–water partition coefficient (Wildman–Crippen LogP) is 6.09. The number of para-hydroxylation sites is 1. The van der Waals surface area contributed by atoms with Gasteiger partial charge in [-0.2, -0.15) is 0 Å². The van der Waals surface area contributed by atoms with Gasteiger partial charge in [0.2, 0.25) is 0 Å². The molecule has 0 saturated heterocycles. The first-order valence-electron chi connectivity index (χ1n) is 10.8. The number of thiophene rings is 1. The van der Waals surface area contributed by atoms with E-state index in [9.17, 15) is 4.79 Å². The van der Waals surface area contributed by atoms with Crippen LogP contribution >= 0.6 is 22.7 Å². The second kappa shape index (κ2) is 9.02. The molecule has 0 aliphatic carbocycles. The molecule has 1 amide bonds. The molecule has 2 aromatic carbocycles. The lowest BCUT2D eigenvalue weighted by atomic mass is 10.1. The first-order chi connectivity index (χ1) is 16.0. The Kier molecular flexibility index (Phi) is 5.93. The van der Waals surface area contributed by atoms with E-state index in [1.54, 1.807) is 22.7 Å². The van der Waals surface area contributed by atoms with Crippen LogP contribution in [-0.2, 0) is 0 Å². The van der Waals surface area contributed by atoms with E-state index in [1.165, 1.54) is 5.56 Å². The number of aromatic nitrogens is 2. The topological polar surface area (TPSA) is 49.3 Å². The van der Waals surface area contributed by atoms with E-state index >= 15 is 0 Å². The average Bonchev–Trinajstić information content (AvgIpc) is 3.48. The zero-order chi connectivity index (χ0) is 22.9. The van der Waals surface area contributed by atoms with Gasteiger partial charge in [-0.15, -0.1) is 11.3 Å². The monoisotopic (exact) mass is 472 g/mol. The van der Waals surface area contributed by atoms with E-state index in [4.69, 9.17) is 9.97 Å². The molecule has 7 heteroatoms. The van der Waals surface area contributed by atoms with Crippen LogP contribution in [-0.4, -0.2) is 48.0 Å². The molecule has 0 saturated carbocycles. The van der Waals surface area contributed by atoms with Gasteiger partial charge in [0, 0.05) is 18.5 Å². The maximum absolute atomic E-state index is 14.1. The van der Waals surface area contributed by atoms with Gasteiger partial charge in [0.1, 0.15) is 0 Å². The van der Waals surface area contributed by atoms with Gasteiger partial charge in [-0.1, -0.05) is 41.7 Å². The third kappa shape index (κ3) is 4.39. The number of thiazole rings is 1. The van der Waals surface area contributed by atoms with Crippen molar-refractivity contribution >= 4 is 54.8 Å². The first kappa shape index (κ1) is 21.7. The minimum absolute atomic E-state index is 0.0518. The van der Waals surface area contributed by atoms with Gasteiger partial charge in [0.15, 0.2) is 5.13 Å². The summed E-state index contributed by atoms with van der Waals surface area (Å²) in [5.41, 5.74) is 4.39. The number of rotatable bonds is 6. The van der Waals surface area contributed by atoms with Gasteiger partial charge in [-0.05, 0) is 62.3 Å². The van der Waals surface area contributed by atoms with Gasteiger partial charge in [0.25, 0.3) is 5.91 Å². The quantitative estimate of drug-likeness (QED) is 0.300. The molecule has 0 atom stereocenters. The zero-order valence-corrected chi connectivity index (χ0v) is 20.4. The number of hydrogen-bond acceptors (Lipinski definition) is 6. The van der Waals surface area contributed by atoms with Crippen LogP contribution < -0.4 is 4.90 Å². The highest BCUT2D eigenvalue weighted by molar-refractivity contribution is 7.22. The van der Waals surface area contributed by atoms with Crippen molar-refractivity contribution in [2.45, 2.75) is 6.92 Å². The van der Waals surface area contributed by atoms with Gasteiger partial charge in [-0.3, -0.25) is 9.69 Å². The number of amides is 1. The number of aryl methyl sites for hydroxylation is 1. The molecule has 0 spiro atoms. The zero-order valence-electron chi connectivity index (χ0n) is 18.8. The highest BCUT2D eigenvalue weighted by Crippen LogP contribution is 2.33. The third-order valence-corrected chi connectivity index (χ3v) is 7.43. The molecule has 5 nitrogen and oxygen atoms in total. The summed E-state index contributed by atoms with van der Waals surface area (Å²) >= 11 is 3.19. The smallest absolute Gasteiger partial charge is 0.260 e. The van der Waals surface area contributed by atoms with Gasteiger partial charge >= 0.3 is 0 Å². The van der Waals surface area contributed by atoms with Crippen LogP contribution in [0, 0.1) is 6.92 Å². The number of anilines is 1. The molecule has 5 aromatic rings. The summed E-state index contributed by atoms with van der Waals surface area (Å²) in [6, 6.07) is 20.0. The van der Waals surface area contributed by atoms with Crippen LogP contribution in [0.3, 0.4) is 0 Å². The Morgan fingerprint density at radius 1 is 0.939 bits per heavy atom. The molecule has 3 heterocycles. The Morgan fingerprint density at radius 3 is 2.58 bits per heavy atom. The summed E-state index contributed by atoms with van der Waals surface area (Å²) in [6.45, 7) is 3.36. The minimum Gasteiger partial charge on any atom is -0.308 e. The SMILES string of the molecule is Cc1ccc2nc(N(CCN(C)C)C(=O)c3cc(-c4cccs4)nc4ccccc34)sc2c1. The predicted molar refractivity (Wildman–Crippen MR) is 140 cm³/mol. The summed E-state index contributed by atoms with van der Waals surface area (Å²) in [6.07, 6.45) is 0. The van der Waals surface area contributed by atoms with Crippen LogP contribution in [0.25, 0.3) is 31.7 Å². The maximum Gasteiger partial charge on any atom is 0.260 e. The average molecular weight is 473 g/mol. The van der Waals surface area contributed by atoms with Gasteiger partial charge in [0.05, 0.1) is 31.9 Å². The highest BCUT2D eigenvalue weighted by atomic mass is 32.1. The Balaban J connectivity index is 1.64. The highest BCUT2D eigenvalue weighted by Gasteiger charge is 2.24. The number of pyridine rings is 1. The molecule has 5 rings (SSSR count). The van der Waals surface area contributed by atoms with E-state index in [0.29, 0.717) is 12.1 Å². The fourth-order valence-corrected chi connectivity index (χ4v) is 5.54. The molecule has 3 aromatic heterocycles. The lowest BCUT2D eigenvalue weighted by molar-refractivity contribution is 0.0986. The number of hydrogen-bond donors (Lipinski definition) is 0. The summed E-state index contributed by atoms with van der Waals surface area (Å²) in [7, 11) is 4.03. The van der Waals surface area contributed by atoms with E-state index < -0.39 is 0 Å². The molecule has 0 unspecified atom stereocenters. The molecule has 0 fully saturated rings. The van der Waals surface area contributed by atoms with Gasteiger partial charge < -0.3 is 4.90 Å². The lowest BCUT2D eigenvalue weighted by Gasteiger charge is -2.23. The number of carbonyl (C=O) groups excluding carboxylic acids is 1. The number of fused-ring (bicyclic) bond motifs is 2. The fraction of sp³-hybridized carbons (Fsp3) is 0.192. The van der Waals surface area contributed by atoms with E-state index in [2.05, 4.69) is 24.0 Å². The van der Waals surface area contributed by atoms with Crippen molar-refractivity contribution in [1.82, 2.24) is 14.9 Å². The standard InChI is InChI=1S/C26H24N4OS2/c1-17-10-11-21-24(15-17)33-26(28-21)30(13-12-29(2)3)25(31)19-16-22(23-9-6-14-32-23)27-20-8-5-4-7-18(19)20/h4-11,14-16H,12-13H2,1-3H3. The fourth-order valence-electron chi connectivity index (χ4n) is 3.77. The Bertz CT molecular complexity index is 1440. The number of nitrogens with zero attached hydrogens (tertiary/aromatic N) is 4. The van der Waals surface area contributed by atoms with E-state index in [1.807, 2.05) is 72.9 Å². The van der Waals surface area contributed by atoms with Crippen molar-refractivity contribution in [3.8, 4) is 10.6 Å². The molecule has 166 valence electrons. The maximum atomic E-state index is 14.1. The second-order valence-corrected chi connectivity index (χ2v) is 10.2. The van der Waals surface area contributed by atoms with Gasteiger partial charge in [-0.25, -0.2) is 9.97 Å². The largest absolute Gasteiger partial charge is 0.308 e. The van der Waals surface area contributed by atoms with E-state index in [-0.39, 0.29) is 5.91 Å². The lowest BCUT2D eigenvalue weighted by Crippen LogP contribution is -2.37. The van der Waals surface area contributed by atoms with Crippen molar-refractivity contribution in [1.29, 1.82) is 0 Å².